The first-order valence-electron chi connectivity index (χ1n) is 12.2. The molecule has 0 fully saturated rings. The third-order valence-electron chi connectivity index (χ3n) is 6.70. The van der Waals surface area contributed by atoms with Crippen molar-refractivity contribution in [1.82, 2.24) is 14.0 Å². The lowest BCUT2D eigenvalue weighted by Crippen LogP contribution is -2.03. The predicted octanol–water partition coefficient (Wildman–Crippen LogP) is 6.82. The molecule has 0 spiro atoms. The molecule has 6 rings (SSSR count). The maximum Gasteiger partial charge on any atom is 0.139 e. The first-order chi connectivity index (χ1) is 17.8. The molecule has 0 radical (unpaired) electrons. The summed E-state index contributed by atoms with van der Waals surface area (Å²) in [6.07, 6.45) is 2.04. The van der Waals surface area contributed by atoms with E-state index < -0.39 is 0 Å². The molecule has 3 heterocycles. The summed E-state index contributed by atoms with van der Waals surface area (Å²) in [7, 11) is 1.52. The highest BCUT2D eigenvalue weighted by molar-refractivity contribution is 6.09. The molecule has 0 atom stereocenters. The summed E-state index contributed by atoms with van der Waals surface area (Å²) in [6, 6.07) is 29.8. The van der Waals surface area contributed by atoms with Gasteiger partial charge in [-0.05, 0) is 48.4 Å². The van der Waals surface area contributed by atoms with Crippen LogP contribution in [0.5, 0.6) is 0 Å². The van der Waals surface area contributed by atoms with Crippen LogP contribution >= 0.6 is 0 Å². The van der Waals surface area contributed by atoms with Crippen molar-refractivity contribution in [2.45, 2.75) is 26.6 Å². The molecule has 3 aromatic carbocycles. The van der Waals surface area contributed by atoms with Gasteiger partial charge in [0, 0.05) is 46.7 Å². The van der Waals surface area contributed by atoms with Crippen molar-refractivity contribution < 1.29 is 9.78 Å². The van der Waals surface area contributed by atoms with Gasteiger partial charge in [0.05, 0.1) is 7.11 Å². The number of nitrogens with one attached hydrogen (secondary N) is 1. The average molecular weight is 477 g/mol. The van der Waals surface area contributed by atoms with Crippen molar-refractivity contribution >= 4 is 33.3 Å². The highest BCUT2D eigenvalue weighted by Crippen LogP contribution is 2.35. The molecule has 36 heavy (non-hydrogen) atoms. The second-order valence-corrected chi connectivity index (χ2v) is 8.83. The number of rotatable bonds is 8. The van der Waals surface area contributed by atoms with Gasteiger partial charge in [0.15, 0.2) is 0 Å². The number of pyridine rings is 1. The minimum Gasteiger partial charge on any atom is -0.365 e. The van der Waals surface area contributed by atoms with Gasteiger partial charge in [-0.1, -0.05) is 54.6 Å². The zero-order chi connectivity index (χ0) is 24.5. The first-order valence-corrected chi connectivity index (χ1v) is 12.2. The smallest absolute Gasteiger partial charge is 0.139 e. The molecule has 0 aliphatic carbocycles. The van der Waals surface area contributed by atoms with E-state index in [1.165, 1.54) is 34.5 Å². The topological polar surface area (TPSA) is 52.7 Å². The van der Waals surface area contributed by atoms with E-state index in [9.17, 15) is 0 Å². The van der Waals surface area contributed by atoms with Crippen LogP contribution in [-0.2, 0) is 29.5 Å². The summed E-state index contributed by atoms with van der Waals surface area (Å²) >= 11 is 0. The van der Waals surface area contributed by atoms with E-state index in [0.717, 1.165) is 34.8 Å². The van der Waals surface area contributed by atoms with Crippen LogP contribution in [0.3, 0.4) is 0 Å². The molecule has 6 nitrogen and oxygen atoms in total. The van der Waals surface area contributed by atoms with E-state index in [2.05, 4.69) is 87.9 Å². The molecule has 6 heteroatoms. The molecule has 0 aliphatic heterocycles. The summed E-state index contributed by atoms with van der Waals surface area (Å²) in [6.45, 7) is 4.18. The Morgan fingerprint density at radius 3 is 2.47 bits per heavy atom. The summed E-state index contributed by atoms with van der Waals surface area (Å²) in [5, 5.41) is 6.16. The van der Waals surface area contributed by atoms with Crippen molar-refractivity contribution in [3.05, 3.63) is 102 Å². The minimum atomic E-state index is 0.366. The monoisotopic (exact) mass is 476 g/mol. The molecule has 180 valence electrons. The fourth-order valence-electron chi connectivity index (χ4n) is 5.00. The number of nitrogens with zero attached hydrogens (tertiary/aromatic N) is 3. The van der Waals surface area contributed by atoms with Crippen LogP contribution in [0.4, 0.5) is 5.82 Å². The van der Waals surface area contributed by atoms with E-state index in [0.29, 0.717) is 13.2 Å². The maximum absolute atomic E-state index is 5.14. The van der Waals surface area contributed by atoms with Crippen molar-refractivity contribution in [2.24, 2.45) is 0 Å². The number of aryl methyl sites for hydroxylation is 1. The number of anilines is 1. The summed E-state index contributed by atoms with van der Waals surface area (Å²) in [4.78, 5) is 15.0. The van der Waals surface area contributed by atoms with Gasteiger partial charge < -0.3 is 9.88 Å². The molecule has 0 aliphatic rings. The summed E-state index contributed by atoms with van der Waals surface area (Å²) in [5.41, 5.74) is 7.56. The van der Waals surface area contributed by atoms with Gasteiger partial charge in [-0.15, -0.1) is 0 Å². The number of hydrogen-bond donors (Lipinski definition) is 1. The Labute approximate surface area is 209 Å². The average Bonchev–Trinajstić information content (AvgIpc) is 3.45. The Morgan fingerprint density at radius 1 is 0.833 bits per heavy atom. The fraction of sp³-hybridized carbons (Fsp3) is 0.167. The molecule has 0 saturated carbocycles. The van der Waals surface area contributed by atoms with E-state index >= 15 is 0 Å². The van der Waals surface area contributed by atoms with Gasteiger partial charge in [0.25, 0.3) is 0 Å². The van der Waals surface area contributed by atoms with E-state index in [4.69, 9.17) is 14.8 Å². The van der Waals surface area contributed by atoms with Crippen LogP contribution in [0.2, 0.25) is 0 Å². The number of aromatic nitrogens is 3. The molecule has 1 N–H and O–H groups in total. The van der Waals surface area contributed by atoms with E-state index in [-0.39, 0.29) is 0 Å². The second kappa shape index (κ2) is 9.49. The second-order valence-electron chi connectivity index (χ2n) is 8.83. The highest BCUT2D eigenvalue weighted by Gasteiger charge is 2.17. The molecule has 0 saturated heterocycles. The Balaban J connectivity index is 1.50. The number of hydrogen-bond acceptors (Lipinski definition) is 4. The third-order valence-corrected chi connectivity index (χ3v) is 6.70. The van der Waals surface area contributed by atoms with Crippen LogP contribution in [0, 0.1) is 0 Å². The molecule has 0 bridgehead atoms. The number of para-hydroxylation sites is 1. The van der Waals surface area contributed by atoms with Crippen LogP contribution in [-0.4, -0.2) is 21.1 Å². The molecule has 3 aromatic heterocycles. The molecule has 6 aromatic rings. The van der Waals surface area contributed by atoms with Crippen LogP contribution < -0.4 is 5.32 Å². The quantitative estimate of drug-likeness (QED) is 0.193. The molecule has 0 amide bonds. The predicted molar refractivity (Wildman–Crippen MR) is 145 cm³/mol. The van der Waals surface area contributed by atoms with Gasteiger partial charge >= 0.3 is 0 Å². The zero-order valence-electron chi connectivity index (χ0n) is 20.4. The standard InChI is InChI=1S/C30H28N4O2/c1-3-33-26-12-8-7-11-24(26)25-18-23(13-14-27(25)33)29-30(31-19-21-9-5-4-6-10-21)34-16-15-22(20-36-35-2)17-28(34)32-29/h4-18,31H,3,19-20H2,1-2H3. The number of imidazole rings is 1. The maximum atomic E-state index is 5.14. The SMILES string of the molecule is CCn1c2ccccc2c2cc(-c3nc4cc(COOC)ccn4c3NCc3ccccc3)ccc21. The largest absolute Gasteiger partial charge is 0.365 e. The van der Waals surface area contributed by atoms with Gasteiger partial charge in [-0.25, -0.2) is 14.8 Å². The van der Waals surface area contributed by atoms with Gasteiger partial charge in [0.2, 0.25) is 0 Å². The number of benzene rings is 3. The first kappa shape index (κ1) is 22.3. The zero-order valence-corrected chi connectivity index (χ0v) is 20.4. The number of fused-ring (bicyclic) bond motifs is 4. The highest BCUT2D eigenvalue weighted by atomic mass is 17.2. The summed E-state index contributed by atoms with van der Waals surface area (Å²) < 4.78 is 4.48. The lowest BCUT2D eigenvalue weighted by atomic mass is 10.1. The van der Waals surface area contributed by atoms with Crippen molar-refractivity contribution in [1.29, 1.82) is 0 Å². The Hall–Kier alpha value is -4.13. The van der Waals surface area contributed by atoms with Crippen molar-refractivity contribution in [3.63, 3.8) is 0 Å². The third kappa shape index (κ3) is 3.90. The lowest BCUT2D eigenvalue weighted by Gasteiger charge is -2.10. The Bertz CT molecular complexity index is 1670. The summed E-state index contributed by atoms with van der Waals surface area (Å²) in [5.74, 6) is 0.964. The van der Waals surface area contributed by atoms with Crippen LogP contribution in [0.15, 0.2) is 91.1 Å². The van der Waals surface area contributed by atoms with Crippen molar-refractivity contribution in [2.75, 3.05) is 12.4 Å². The van der Waals surface area contributed by atoms with Crippen molar-refractivity contribution in [3.8, 4) is 11.3 Å². The Morgan fingerprint density at radius 2 is 1.64 bits per heavy atom. The van der Waals surface area contributed by atoms with E-state index in [1.54, 1.807) is 0 Å². The van der Waals surface area contributed by atoms with Gasteiger partial charge in [-0.2, -0.15) is 0 Å². The minimum absolute atomic E-state index is 0.366. The van der Waals surface area contributed by atoms with Crippen LogP contribution in [0.25, 0.3) is 38.7 Å². The van der Waals surface area contributed by atoms with Gasteiger partial charge in [0.1, 0.15) is 23.8 Å². The fourth-order valence-corrected chi connectivity index (χ4v) is 5.00. The molecular weight excluding hydrogens is 448 g/mol. The molecular formula is C30H28N4O2. The Kier molecular flexibility index (Phi) is 5.89. The lowest BCUT2D eigenvalue weighted by molar-refractivity contribution is -0.282. The normalized spacial score (nSPS) is 11.6. The van der Waals surface area contributed by atoms with Gasteiger partial charge in [-0.3, -0.25) is 4.40 Å². The van der Waals surface area contributed by atoms with Crippen LogP contribution in [0.1, 0.15) is 18.1 Å². The van der Waals surface area contributed by atoms with E-state index in [1.807, 2.05) is 24.4 Å². The molecule has 0 unspecified atom stereocenters.